The van der Waals surface area contributed by atoms with Gasteiger partial charge in [0.05, 0.1) is 11.5 Å². The highest BCUT2D eigenvalue weighted by Gasteiger charge is 2.71. The summed E-state index contributed by atoms with van der Waals surface area (Å²) in [4.78, 5) is 26.7. The second kappa shape index (κ2) is 7.20. The van der Waals surface area contributed by atoms with Crippen molar-refractivity contribution in [2.75, 3.05) is 0 Å². The van der Waals surface area contributed by atoms with Crippen LogP contribution in [0.4, 0.5) is 0 Å². The second-order valence-electron chi connectivity index (χ2n) is 14.4. The molecule has 34 heavy (non-hydrogen) atoms. The number of carbonyl (C=O) groups excluding carboxylic acids is 1. The van der Waals surface area contributed by atoms with Crippen LogP contribution in [0, 0.1) is 56.7 Å². The summed E-state index contributed by atoms with van der Waals surface area (Å²) in [7, 11) is 0. The van der Waals surface area contributed by atoms with Gasteiger partial charge in [0.25, 0.3) is 0 Å². The van der Waals surface area contributed by atoms with Gasteiger partial charge in [-0.15, -0.1) is 0 Å². The van der Waals surface area contributed by atoms with Gasteiger partial charge in [0, 0.05) is 5.92 Å². The van der Waals surface area contributed by atoms with Crippen LogP contribution < -0.4 is 0 Å². The zero-order valence-corrected chi connectivity index (χ0v) is 22.4. The smallest absolute Gasteiger partial charge is 0.312 e. The van der Waals surface area contributed by atoms with Gasteiger partial charge in [-0.3, -0.25) is 9.59 Å². The van der Waals surface area contributed by atoms with Crippen molar-refractivity contribution in [2.24, 2.45) is 56.7 Å². The minimum atomic E-state index is -1.20. The number of aliphatic carboxylic acids is 1. The van der Waals surface area contributed by atoms with Crippen molar-refractivity contribution >= 4 is 11.8 Å². The van der Waals surface area contributed by atoms with E-state index in [1.807, 2.05) is 0 Å². The van der Waals surface area contributed by atoms with Gasteiger partial charge in [0.2, 0.25) is 0 Å². The van der Waals surface area contributed by atoms with Gasteiger partial charge >= 0.3 is 5.97 Å². The van der Waals surface area contributed by atoms with Crippen molar-refractivity contribution < 1.29 is 19.8 Å². The Morgan fingerprint density at radius 1 is 0.941 bits per heavy atom. The van der Waals surface area contributed by atoms with E-state index in [9.17, 15) is 19.8 Å². The molecule has 11 atom stereocenters. The third-order valence-electron chi connectivity index (χ3n) is 13.2. The molecular formula is C30H46O4. The summed E-state index contributed by atoms with van der Waals surface area (Å²) in [5.74, 6) is 0.656. The van der Waals surface area contributed by atoms with Crippen LogP contribution in [0.25, 0.3) is 0 Å². The number of allylic oxidation sites excluding steroid dienone is 2. The van der Waals surface area contributed by atoms with Crippen molar-refractivity contribution in [3.05, 3.63) is 11.6 Å². The van der Waals surface area contributed by atoms with Gasteiger partial charge in [-0.05, 0) is 110 Å². The zero-order chi connectivity index (χ0) is 25.1. The fourth-order valence-corrected chi connectivity index (χ4v) is 10.7. The second-order valence-corrected chi connectivity index (χ2v) is 14.4. The summed E-state index contributed by atoms with van der Waals surface area (Å²) < 4.78 is 0. The Morgan fingerprint density at radius 3 is 2.26 bits per heavy atom. The number of hydrogen-bond acceptors (Lipinski definition) is 3. The monoisotopic (exact) mass is 470 g/mol. The number of carboxylic acids is 1. The molecule has 0 aliphatic heterocycles. The Morgan fingerprint density at radius 2 is 1.62 bits per heavy atom. The van der Waals surface area contributed by atoms with Gasteiger partial charge < -0.3 is 10.2 Å². The minimum Gasteiger partial charge on any atom is -0.481 e. The Hall–Kier alpha value is -1.16. The average Bonchev–Trinajstić information content (AvgIpc) is 2.75. The van der Waals surface area contributed by atoms with E-state index in [0.717, 1.165) is 25.7 Å². The van der Waals surface area contributed by atoms with Crippen molar-refractivity contribution in [2.45, 2.75) is 106 Å². The fraction of sp³-hybridized carbons (Fsp3) is 0.867. The molecule has 0 aromatic heterocycles. The molecule has 5 aliphatic carbocycles. The highest BCUT2D eigenvalue weighted by Crippen LogP contribution is 2.75. The number of rotatable bonds is 1. The fourth-order valence-electron chi connectivity index (χ4n) is 10.7. The topological polar surface area (TPSA) is 74.6 Å². The lowest BCUT2D eigenvalue weighted by Gasteiger charge is -2.70. The molecule has 4 saturated carbocycles. The van der Waals surface area contributed by atoms with Gasteiger partial charge in [-0.25, -0.2) is 0 Å². The molecule has 0 amide bonds. The number of carboxylic acid groups (broad SMARTS) is 1. The summed E-state index contributed by atoms with van der Waals surface area (Å²) in [6.45, 7) is 16.0. The molecule has 0 aromatic carbocycles. The molecule has 4 fully saturated rings. The first-order valence-electron chi connectivity index (χ1n) is 13.8. The van der Waals surface area contributed by atoms with Crippen LogP contribution in [0.3, 0.4) is 0 Å². The first kappa shape index (κ1) is 24.5. The van der Waals surface area contributed by atoms with Crippen LogP contribution in [0.15, 0.2) is 11.6 Å². The van der Waals surface area contributed by atoms with Gasteiger partial charge in [0.15, 0.2) is 5.78 Å². The molecular weight excluding hydrogens is 424 g/mol. The molecule has 5 rings (SSSR count). The maximum atomic E-state index is 14.2. The Bertz CT molecular complexity index is 953. The standard InChI is InChI=1S/C30H46O4/c1-17-8-11-26(3)14-15-28(5)19(23(26)18(17)2)16-20(31)24-27(4)12-10-22(32)30(7,25(33)34)21(27)9-13-29(24,28)6/h16-18,21-24,32H,8-15H2,1-7H3,(H,33,34)/t17-,18+,21+,22-,23+,24-,26-,27+,28-,29-,30-/m1/s1. The molecule has 0 saturated heterocycles. The van der Waals surface area contributed by atoms with Crippen LogP contribution >= 0.6 is 0 Å². The average molecular weight is 471 g/mol. The van der Waals surface area contributed by atoms with Crippen LogP contribution in [0.1, 0.15) is 99.8 Å². The number of hydrogen-bond donors (Lipinski definition) is 2. The van der Waals surface area contributed by atoms with Crippen molar-refractivity contribution in [1.82, 2.24) is 0 Å². The summed E-state index contributed by atoms with van der Waals surface area (Å²) in [6.07, 6.45) is 8.89. The predicted octanol–water partition coefficient (Wildman–Crippen LogP) is 6.27. The van der Waals surface area contributed by atoms with E-state index in [-0.39, 0.29) is 33.9 Å². The van der Waals surface area contributed by atoms with E-state index < -0.39 is 22.9 Å². The van der Waals surface area contributed by atoms with Crippen LogP contribution in [0.2, 0.25) is 0 Å². The summed E-state index contributed by atoms with van der Waals surface area (Å²) in [5, 5.41) is 21.1. The van der Waals surface area contributed by atoms with Crippen molar-refractivity contribution in [3.63, 3.8) is 0 Å². The molecule has 4 heteroatoms. The van der Waals surface area contributed by atoms with E-state index in [2.05, 4.69) is 47.6 Å². The Balaban J connectivity index is 1.65. The van der Waals surface area contributed by atoms with Crippen LogP contribution in [-0.4, -0.2) is 28.1 Å². The van der Waals surface area contributed by atoms with Crippen molar-refractivity contribution in [1.29, 1.82) is 0 Å². The van der Waals surface area contributed by atoms with E-state index >= 15 is 0 Å². The van der Waals surface area contributed by atoms with Crippen LogP contribution in [0.5, 0.6) is 0 Å². The van der Waals surface area contributed by atoms with Gasteiger partial charge in [-0.1, -0.05) is 47.1 Å². The van der Waals surface area contributed by atoms with Gasteiger partial charge in [0.1, 0.15) is 0 Å². The number of aliphatic hydroxyl groups is 1. The first-order chi connectivity index (χ1) is 15.7. The Kier molecular flexibility index (Phi) is 5.20. The van der Waals surface area contributed by atoms with Crippen molar-refractivity contribution in [3.8, 4) is 0 Å². The largest absolute Gasteiger partial charge is 0.481 e. The lowest BCUT2D eigenvalue weighted by Crippen LogP contribution is -2.68. The SMILES string of the molecule is C[C@H]1[C@H](C)CC[C@]2(C)CC[C@]3(C)C(=CC(=O)[C@@H]4[C@@]5(C)CC[C@@H](O)[C@](C)(C(=O)O)[C@H]5CC[C@]43C)[C@H]12. The van der Waals surface area contributed by atoms with E-state index in [1.54, 1.807) is 6.92 Å². The van der Waals surface area contributed by atoms with Crippen LogP contribution in [-0.2, 0) is 9.59 Å². The van der Waals surface area contributed by atoms with Gasteiger partial charge in [-0.2, -0.15) is 0 Å². The number of carbonyl (C=O) groups is 2. The highest BCUT2D eigenvalue weighted by atomic mass is 16.4. The molecule has 0 heterocycles. The lowest BCUT2D eigenvalue weighted by atomic mass is 9.33. The third kappa shape index (κ3) is 2.70. The molecule has 190 valence electrons. The number of aliphatic hydroxyl groups excluding tert-OH is 1. The first-order valence-corrected chi connectivity index (χ1v) is 13.8. The minimum absolute atomic E-state index is 0.0370. The molecule has 0 spiro atoms. The molecule has 0 radical (unpaired) electrons. The number of fused-ring (bicyclic) bond motifs is 7. The molecule has 2 N–H and O–H groups in total. The quantitative estimate of drug-likeness (QED) is 0.474. The summed E-state index contributed by atoms with van der Waals surface area (Å²) in [6, 6.07) is 0. The normalized spacial score (nSPS) is 56.9. The Labute approximate surface area is 206 Å². The molecule has 4 nitrogen and oxygen atoms in total. The maximum Gasteiger partial charge on any atom is 0.312 e. The predicted molar refractivity (Wildman–Crippen MR) is 133 cm³/mol. The van der Waals surface area contributed by atoms with E-state index in [4.69, 9.17) is 0 Å². The maximum absolute atomic E-state index is 14.2. The molecule has 5 aliphatic rings. The van der Waals surface area contributed by atoms with E-state index in [0.29, 0.717) is 24.2 Å². The molecule has 0 unspecified atom stereocenters. The summed E-state index contributed by atoms with van der Waals surface area (Å²) >= 11 is 0. The van der Waals surface area contributed by atoms with E-state index in [1.165, 1.54) is 24.8 Å². The summed E-state index contributed by atoms with van der Waals surface area (Å²) in [5.41, 5.74) is -0.124. The lowest BCUT2D eigenvalue weighted by molar-refractivity contribution is -0.215. The third-order valence-corrected chi connectivity index (χ3v) is 13.2. The number of ketones is 1. The highest BCUT2D eigenvalue weighted by molar-refractivity contribution is 5.96. The molecule has 0 bridgehead atoms. The molecule has 0 aromatic rings. The zero-order valence-electron chi connectivity index (χ0n) is 22.4.